The van der Waals surface area contributed by atoms with Crippen LogP contribution in [0.5, 0.6) is 0 Å². The first-order chi connectivity index (χ1) is 12.1. The van der Waals surface area contributed by atoms with Crippen LogP contribution in [0.4, 0.5) is 0 Å². The van der Waals surface area contributed by atoms with E-state index in [0.29, 0.717) is 18.0 Å². The molecule has 1 aromatic heterocycles. The van der Waals surface area contributed by atoms with Crippen LogP contribution < -0.4 is 5.76 Å². The van der Waals surface area contributed by atoms with Crippen LogP contribution in [-0.2, 0) is 4.84 Å². The lowest BCUT2D eigenvalue weighted by Gasteiger charge is -2.08. The standard InChI is InChI=1S/C19H17N3O3/c1-12-3-5-15(6-4-12)18-11-17(21-25-18)14-7-9-16(10-8-14)22-19(23)24-13(2)20-22/h3-10,18H,11H2,1-2H3. The summed E-state index contributed by atoms with van der Waals surface area (Å²) in [5, 5.41) is 8.27. The second kappa shape index (κ2) is 6.05. The predicted octanol–water partition coefficient (Wildman–Crippen LogP) is 3.31. The topological polar surface area (TPSA) is 69.6 Å². The van der Waals surface area contributed by atoms with E-state index in [-0.39, 0.29) is 6.10 Å². The molecule has 2 aromatic carbocycles. The van der Waals surface area contributed by atoms with Crippen LogP contribution in [0.1, 0.15) is 35.1 Å². The van der Waals surface area contributed by atoms with Gasteiger partial charge in [-0.05, 0) is 30.2 Å². The van der Waals surface area contributed by atoms with E-state index in [4.69, 9.17) is 9.25 Å². The zero-order chi connectivity index (χ0) is 17.4. The van der Waals surface area contributed by atoms with E-state index in [2.05, 4.69) is 41.4 Å². The normalized spacial score (nSPS) is 16.6. The highest BCUT2D eigenvalue weighted by molar-refractivity contribution is 6.01. The molecule has 0 spiro atoms. The smallest absolute Gasteiger partial charge is 0.392 e. The zero-order valence-corrected chi connectivity index (χ0v) is 14.0. The Morgan fingerprint density at radius 2 is 1.76 bits per heavy atom. The van der Waals surface area contributed by atoms with Crippen molar-refractivity contribution in [2.24, 2.45) is 5.16 Å². The summed E-state index contributed by atoms with van der Waals surface area (Å²) < 4.78 is 6.16. The predicted molar refractivity (Wildman–Crippen MR) is 93.0 cm³/mol. The van der Waals surface area contributed by atoms with Gasteiger partial charge in [0, 0.05) is 13.3 Å². The quantitative estimate of drug-likeness (QED) is 0.736. The summed E-state index contributed by atoms with van der Waals surface area (Å²) in [5.41, 5.74) is 4.84. The minimum Gasteiger partial charge on any atom is -0.392 e. The minimum atomic E-state index is -0.494. The fraction of sp³-hybridized carbons (Fsp3) is 0.211. The second-order valence-electron chi connectivity index (χ2n) is 6.09. The minimum absolute atomic E-state index is 0.0592. The van der Waals surface area contributed by atoms with Crippen molar-refractivity contribution in [3.8, 4) is 5.69 Å². The molecule has 0 saturated heterocycles. The fourth-order valence-electron chi connectivity index (χ4n) is 2.84. The summed E-state index contributed by atoms with van der Waals surface area (Å²) in [6, 6.07) is 15.7. The van der Waals surface area contributed by atoms with Gasteiger partial charge in [-0.2, -0.15) is 4.68 Å². The Morgan fingerprint density at radius 3 is 2.40 bits per heavy atom. The Balaban J connectivity index is 1.52. The first-order valence-electron chi connectivity index (χ1n) is 8.07. The summed E-state index contributed by atoms with van der Waals surface area (Å²) in [4.78, 5) is 17.3. The van der Waals surface area contributed by atoms with Gasteiger partial charge < -0.3 is 9.25 Å². The van der Waals surface area contributed by atoms with Gasteiger partial charge in [0.05, 0.1) is 11.4 Å². The van der Waals surface area contributed by atoms with Crippen molar-refractivity contribution < 1.29 is 9.25 Å². The van der Waals surface area contributed by atoms with Crippen molar-refractivity contribution in [3.05, 3.63) is 81.7 Å². The molecule has 25 heavy (non-hydrogen) atoms. The van der Waals surface area contributed by atoms with E-state index >= 15 is 0 Å². The summed E-state index contributed by atoms with van der Waals surface area (Å²) in [6.07, 6.45) is 0.655. The fourth-order valence-corrected chi connectivity index (χ4v) is 2.84. The molecular weight excluding hydrogens is 318 g/mol. The van der Waals surface area contributed by atoms with E-state index in [1.165, 1.54) is 10.2 Å². The van der Waals surface area contributed by atoms with Crippen molar-refractivity contribution >= 4 is 5.71 Å². The van der Waals surface area contributed by atoms with Crippen molar-refractivity contribution in [2.75, 3.05) is 0 Å². The molecular formula is C19H17N3O3. The Labute approximate surface area is 144 Å². The Hall–Kier alpha value is -3.15. The highest BCUT2D eigenvalue weighted by Crippen LogP contribution is 2.29. The van der Waals surface area contributed by atoms with Gasteiger partial charge in [0.1, 0.15) is 0 Å². The average molecular weight is 335 g/mol. The molecule has 0 saturated carbocycles. The third-order valence-corrected chi connectivity index (χ3v) is 4.21. The van der Waals surface area contributed by atoms with Crippen LogP contribution in [0.25, 0.3) is 5.69 Å². The van der Waals surface area contributed by atoms with Crippen LogP contribution in [0, 0.1) is 13.8 Å². The van der Waals surface area contributed by atoms with Gasteiger partial charge in [0.2, 0.25) is 5.89 Å². The number of hydrogen-bond acceptors (Lipinski definition) is 5. The molecule has 0 N–H and O–H groups in total. The zero-order valence-electron chi connectivity index (χ0n) is 14.0. The number of nitrogens with zero attached hydrogens (tertiary/aromatic N) is 3. The molecule has 0 fully saturated rings. The van der Waals surface area contributed by atoms with Crippen LogP contribution in [0.3, 0.4) is 0 Å². The molecule has 1 atom stereocenters. The molecule has 2 heterocycles. The van der Waals surface area contributed by atoms with Crippen molar-refractivity contribution in [2.45, 2.75) is 26.4 Å². The number of aromatic nitrogens is 2. The molecule has 0 aliphatic carbocycles. The number of oxime groups is 1. The van der Waals surface area contributed by atoms with E-state index in [1.54, 1.807) is 6.92 Å². The third-order valence-electron chi connectivity index (χ3n) is 4.21. The lowest BCUT2D eigenvalue weighted by atomic mass is 9.99. The largest absolute Gasteiger partial charge is 0.441 e. The maximum absolute atomic E-state index is 11.7. The Morgan fingerprint density at radius 1 is 1.04 bits per heavy atom. The molecule has 4 rings (SSSR count). The van der Waals surface area contributed by atoms with Crippen LogP contribution in [0.15, 0.2) is 62.9 Å². The van der Waals surface area contributed by atoms with E-state index in [0.717, 1.165) is 16.8 Å². The van der Waals surface area contributed by atoms with E-state index in [9.17, 15) is 4.79 Å². The highest BCUT2D eigenvalue weighted by atomic mass is 16.6. The summed E-state index contributed by atoms with van der Waals surface area (Å²) >= 11 is 0. The van der Waals surface area contributed by atoms with Crippen molar-refractivity contribution in [1.82, 2.24) is 9.78 Å². The maximum atomic E-state index is 11.7. The molecule has 0 radical (unpaired) electrons. The van der Waals surface area contributed by atoms with E-state index in [1.807, 2.05) is 24.3 Å². The summed E-state index contributed by atoms with van der Waals surface area (Å²) in [7, 11) is 0. The molecule has 3 aromatic rings. The van der Waals surface area contributed by atoms with Gasteiger partial charge >= 0.3 is 5.76 Å². The Kier molecular flexibility index (Phi) is 3.72. The Bertz CT molecular complexity index is 982. The SMILES string of the molecule is Cc1ccc(C2CC(c3ccc(-n4nc(C)oc4=O)cc3)=NO2)cc1. The molecule has 6 heteroatoms. The van der Waals surface area contributed by atoms with Crippen molar-refractivity contribution in [1.29, 1.82) is 0 Å². The number of rotatable bonds is 3. The summed E-state index contributed by atoms with van der Waals surface area (Å²) in [6.45, 7) is 3.70. The van der Waals surface area contributed by atoms with Gasteiger partial charge in [0.15, 0.2) is 6.10 Å². The molecule has 6 nitrogen and oxygen atoms in total. The van der Waals surface area contributed by atoms with Gasteiger partial charge in [-0.1, -0.05) is 47.1 Å². The van der Waals surface area contributed by atoms with E-state index < -0.39 is 5.76 Å². The monoisotopic (exact) mass is 335 g/mol. The number of aryl methyl sites for hydroxylation is 2. The molecule has 1 unspecified atom stereocenters. The molecule has 1 aliphatic rings. The highest BCUT2D eigenvalue weighted by Gasteiger charge is 2.23. The lowest BCUT2D eigenvalue weighted by molar-refractivity contribution is 0.0857. The molecule has 0 bridgehead atoms. The first-order valence-corrected chi connectivity index (χ1v) is 8.07. The second-order valence-corrected chi connectivity index (χ2v) is 6.09. The van der Waals surface area contributed by atoms with Gasteiger partial charge in [-0.3, -0.25) is 0 Å². The van der Waals surface area contributed by atoms with Crippen LogP contribution in [-0.4, -0.2) is 15.5 Å². The van der Waals surface area contributed by atoms with Gasteiger partial charge in [0.25, 0.3) is 0 Å². The van der Waals surface area contributed by atoms with Crippen LogP contribution in [0.2, 0.25) is 0 Å². The van der Waals surface area contributed by atoms with Crippen LogP contribution >= 0.6 is 0 Å². The number of hydrogen-bond donors (Lipinski definition) is 0. The number of benzene rings is 2. The molecule has 0 amide bonds. The average Bonchev–Trinajstić information content (AvgIpc) is 3.22. The first kappa shape index (κ1) is 15.4. The summed E-state index contributed by atoms with van der Waals surface area (Å²) in [5.74, 6) is -0.158. The van der Waals surface area contributed by atoms with Gasteiger partial charge in [-0.15, -0.1) is 5.10 Å². The third kappa shape index (κ3) is 2.98. The molecule has 1 aliphatic heterocycles. The van der Waals surface area contributed by atoms with Gasteiger partial charge in [-0.25, -0.2) is 4.79 Å². The lowest BCUT2D eigenvalue weighted by Crippen LogP contribution is -2.13. The maximum Gasteiger partial charge on any atom is 0.441 e. The van der Waals surface area contributed by atoms with Crippen molar-refractivity contribution in [3.63, 3.8) is 0 Å². The molecule has 126 valence electrons.